The lowest BCUT2D eigenvalue weighted by Gasteiger charge is -2.39. The molecule has 0 aromatic rings. The summed E-state index contributed by atoms with van der Waals surface area (Å²) in [4.78, 5) is 0. The molecule has 0 aliphatic heterocycles. The lowest BCUT2D eigenvalue weighted by atomic mass is 9.78. The van der Waals surface area contributed by atoms with Crippen LogP contribution < -0.4 is 0 Å². The van der Waals surface area contributed by atoms with E-state index in [1.165, 1.54) is 11.1 Å². The van der Waals surface area contributed by atoms with Crippen molar-refractivity contribution in [3.63, 3.8) is 0 Å². The first-order chi connectivity index (χ1) is 7.97. The van der Waals surface area contributed by atoms with E-state index in [1.807, 2.05) is 0 Å². The molecule has 0 heterocycles. The van der Waals surface area contributed by atoms with Crippen LogP contribution in [0.25, 0.3) is 0 Å². The third-order valence-corrected chi connectivity index (χ3v) is 9.11. The molecule has 1 nitrogen and oxygen atoms in total. The largest absolute Gasteiger partial charge is 0.413 e. The van der Waals surface area contributed by atoms with Gasteiger partial charge in [-0.2, -0.15) is 0 Å². The van der Waals surface area contributed by atoms with Gasteiger partial charge in [0.25, 0.3) is 0 Å². The SMILES string of the molecule is CC1=C(CO[Si](C)(C)C(C)(C)C)C(C)(C)C=CC1. The van der Waals surface area contributed by atoms with Crippen LogP contribution in [0.2, 0.25) is 18.1 Å². The highest BCUT2D eigenvalue weighted by atomic mass is 28.4. The summed E-state index contributed by atoms with van der Waals surface area (Å²) < 4.78 is 6.39. The molecule has 0 bridgehead atoms. The molecule has 0 aromatic carbocycles. The van der Waals surface area contributed by atoms with E-state index >= 15 is 0 Å². The van der Waals surface area contributed by atoms with Gasteiger partial charge in [0.05, 0.1) is 6.61 Å². The Morgan fingerprint density at radius 1 is 1.28 bits per heavy atom. The van der Waals surface area contributed by atoms with Gasteiger partial charge in [-0.1, -0.05) is 52.3 Å². The Hall–Kier alpha value is -0.343. The molecule has 18 heavy (non-hydrogen) atoms. The molecule has 1 aliphatic carbocycles. The Balaban J connectivity index is 2.81. The van der Waals surface area contributed by atoms with Crippen molar-refractivity contribution in [1.82, 2.24) is 0 Å². The predicted octanol–water partition coefficient (Wildman–Crippen LogP) is 5.31. The second-order valence-corrected chi connectivity index (χ2v) is 12.4. The van der Waals surface area contributed by atoms with Crippen LogP contribution in [-0.4, -0.2) is 14.9 Å². The topological polar surface area (TPSA) is 9.23 Å². The predicted molar refractivity (Wildman–Crippen MR) is 83.4 cm³/mol. The fourth-order valence-electron chi connectivity index (χ4n) is 2.08. The van der Waals surface area contributed by atoms with Crippen molar-refractivity contribution in [3.8, 4) is 0 Å². The third-order valence-electron chi connectivity index (χ3n) is 4.64. The van der Waals surface area contributed by atoms with E-state index in [0.29, 0.717) is 0 Å². The highest BCUT2D eigenvalue weighted by Gasteiger charge is 2.38. The van der Waals surface area contributed by atoms with E-state index in [2.05, 4.69) is 66.8 Å². The second kappa shape index (κ2) is 4.97. The van der Waals surface area contributed by atoms with Gasteiger partial charge in [0.1, 0.15) is 0 Å². The fourth-order valence-corrected chi connectivity index (χ4v) is 3.02. The summed E-state index contributed by atoms with van der Waals surface area (Å²) in [7, 11) is -1.64. The van der Waals surface area contributed by atoms with Crippen LogP contribution in [0, 0.1) is 5.41 Å². The molecule has 0 atom stereocenters. The first kappa shape index (κ1) is 15.7. The van der Waals surface area contributed by atoms with Gasteiger partial charge in [-0.05, 0) is 37.0 Å². The molecule has 1 aliphatic rings. The lowest BCUT2D eigenvalue weighted by molar-refractivity contribution is 0.294. The second-order valence-electron chi connectivity index (χ2n) is 7.64. The summed E-state index contributed by atoms with van der Waals surface area (Å²) in [5.74, 6) is 0. The number of allylic oxidation sites excluding steroid dienone is 3. The minimum Gasteiger partial charge on any atom is -0.413 e. The molecule has 1 rings (SSSR count). The molecule has 0 radical (unpaired) electrons. The van der Waals surface area contributed by atoms with Crippen molar-refractivity contribution in [2.24, 2.45) is 5.41 Å². The zero-order valence-corrected chi connectivity index (χ0v) is 14.5. The molecule has 0 unspecified atom stereocenters. The highest BCUT2D eigenvalue weighted by Crippen LogP contribution is 2.40. The molecule has 2 heteroatoms. The first-order valence-electron chi connectivity index (χ1n) is 6.98. The summed E-state index contributed by atoms with van der Waals surface area (Å²) >= 11 is 0. The Bertz CT molecular complexity index is 367. The van der Waals surface area contributed by atoms with Crippen LogP contribution in [0.5, 0.6) is 0 Å². The third kappa shape index (κ3) is 3.36. The Kier molecular flexibility index (Phi) is 4.34. The lowest BCUT2D eigenvalue weighted by Crippen LogP contribution is -2.42. The summed E-state index contributed by atoms with van der Waals surface area (Å²) in [6.45, 7) is 19.2. The van der Waals surface area contributed by atoms with Gasteiger partial charge in [0, 0.05) is 5.41 Å². The van der Waals surface area contributed by atoms with Gasteiger partial charge < -0.3 is 4.43 Å². The first-order valence-corrected chi connectivity index (χ1v) is 9.89. The summed E-state index contributed by atoms with van der Waals surface area (Å²) in [6.07, 6.45) is 5.69. The van der Waals surface area contributed by atoms with Crippen molar-refractivity contribution in [2.75, 3.05) is 6.61 Å². The smallest absolute Gasteiger partial charge is 0.192 e. The van der Waals surface area contributed by atoms with Gasteiger partial charge >= 0.3 is 0 Å². The van der Waals surface area contributed by atoms with Crippen molar-refractivity contribution in [2.45, 2.75) is 66.1 Å². The van der Waals surface area contributed by atoms with E-state index in [1.54, 1.807) is 0 Å². The van der Waals surface area contributed by atoms with Gasteiger partial charge in [0.15, 0.2) is 8.32 Å². The maximum atomic E-state index is 6.39. The average Bonchev–Trinajstić information content (AvgIpc) is 2.13. The fraction of sp³-hybridized carbons (Fsp3) is 0.750. The van der Waals surface area contributed by atoms with Crippen LogP contribution >= 0.6 is 0 Å². The van der Waals surface area contributed by atoms with Crippen LogP contribution in [-0.2, 0) is 4.43 Å². The normalized spacial score (nSPS) is 20.4. The maximum absolute atomic E-state index is 6.39. The maximum Gasteiger partial charge on any atom is 0.192 e. The summed E-state index contributed by atoms with van der Waals surface area (Å²) in [5.41, 5.74) is 3.13. The van der Waals surface area contributed by atoms with Gasteiger partial charge in [-0.15, -0.1) is 0 Å². The van der Waals surface area contributed by atoms with Crippen molar-refractivity contribution in [1.29, 1.82) is 0 Å². The van der Waals surface area contributed by atoms with Crippen LogP contribution in [0.15, 0.2) is 23.3 Å². The van der Waals surface area contributed by atoms with Gasteiger partial charge in [-0.25, -0.2) is 0 Å². The van der Waals surface area contributed by atoms with Gasteiger partial charge in [0.2, 0.25) is 0 Å². The molecule has 0 saturated carbocycles. The van der Waals surface area contributed by atoms with E-state index in [4.69, 9.17) is 4.43 Å². The number of hydrogen-bond acceptors (Lipinski definition) is 1. The van der Waals surface area contributed by atoms with E-state index in [-0.39, 0.29) is 10.5 Å². The minimum atomic E-state index is -1.64. The summed E-state index contributed by atoms with van der Waals surface area (Å²) in [6, 6.07) is 0. The molecule has 0 saturated heterocycles. The summed E-state index contributed by atoms with van der Waals surface area (Å²) in [5, 5.41) is 0.288. The number of rotatable bonds is 3. The molecule has 0 fully saturated rings. The zero-order chi connectivity index (χ0) is 14.2. The Morgan fingerprint density at radius 3 is 2.28 bits per heavy atom. The molecular weight excluding hydrogens is 236 g/mol. The van der Waals surface area contributed by atoms with Crippen molar-refractivity contribution >= 4 is 8.32 Å². The molecule has 104 valence electrons. The number of hydrogen-bond donors (Lipinski definition) is 0. The van der Waals surface area contributed by atoms with Crippen molar-refractivity contribution < 1.29 is 4.43 Å². The monoisotopic (exact) mass is 266 g/mol. The quantitative estimate of drug-likeness (QED) is 0.497. The van der Waals surface area contributed by atoms with E-state index in [9.17, 15) is 0 Å². The standard InChI is InChI=1S/C16H30OSi/c1-13-10-9-11-16(5,6)14(13)12-17-18(7,8)15(2,3)4/h9,11H,10,12H2,1-8H3. The minimum absolute atomic E-state index is 0.157. The molecule has 0 aromatic heterocycles. The molecule has 0 N–H and O–H groups in total. The Morgan fingerprint density at radius 2 is 1.83 bits per heavy atom. The van der Waals surface area contributed by atoms with E-state index in [0.717, 1.165) is 13.0 Å². The zero-order valence-electron chi connectivity index (χ0n) is 13.5. The highest BCUT2D eigenvalue weighted by molar-refractivity contribution is 6.74. The van der Waals surface area contributed by atoms with Gasteiger partial charge in [-0.3, -0.25) is 0 Å². The molecular formula is C16H30OSi. The van der Waals surface area contributed by atoms with Crippen LogP contribution in [0.4, 0.5) is 0 Å². The van der Waals surface area contributed by atoms with Crippen LogP contribution in [0.1, 0.15) is 48.0 Å². The Labute approximate surface area is 114 Å². The average molecular weight is 267 g/mol. The van der Waals surface area contributed by atoms with Crippen LogP contribution in [0.3, 0.4) is 0 Å². The molecule has 0 spiro atoms. The van der Waals surface area contributed by atoms with Crippen molar-refractivity contribution in [3.05, 3.63) is 23.3 Å². The van der Waals surface area contributed by atoms with E-state index < -0.39 is 8.32 Å². The molecule has 0 amide bonds.